The van der Waals surface area contributed by atoms with Gasteiger partial charge < -0.3 is 15.0 Å². The fourth-order valence-corrected chi connectivity index (χ4v) is 2.77. The molecule has 3 rings (SSSR count). The number of pyridine rings is 1. The normalized spacial score (nSPS) is 11.7. The van der Waals surface area contributed by atoms with Gasteiger partial charge in [0.1, 0.15) is 23.7 Å². The third-order valence-electron chi connectivity index (χ3n) is 3.67. The van der Waals surface area contributed by atoms with Crippen molar-refractivity contribution in [3.8, 4) is 5.75 Å². The minimum Gasteiger partial charge on any atom is -0.492 e. The van der Waals surface area contributed by atoms with Crippen molar-refractivity contribution in [3.63, 3.8) is 0 Å². The predicted molar refractivity (Wildman–Crippen MR) is 89.2 cm³/mol. The minimum absolute atomic E-state index is 0.505. The maximum atomic E-state index is 5.59. The van der Waals surface area contributed by atoms with Crippen molar-refractivity contribution in [1.82, 2.24) is 14.5 Å². The smallest absolute Gasteiger partial charge is 0.121 e. The molecule has 5 nitrogen and oxygen atoms in total. The Bertz CT molecular complexity index is 807. The van der Waals surface area contributed by atoms with Gasteiger partial charge >= 0.3 is 0 Å². The zero-order valence-corrected chi connectivity index (χ0v) is 13.3. The number of hydrogen-bond donors (Lipinski definition) is 1. The summed E-state index contributed by atoms with van der Waals surface area (Å²) in [7, 11) is 0. The topological polar surface area (TPSA) is 66.0 Å². The van der Waals surface area contributed by atoms with Crippen molar-refractivity contribution in [2.45, 2.75) is 27.3 Å². The zero-order valence-electron chi connectivity index (χ0n) is 13.3. The zero-order chi connectivity index (χ0) is 15.7. The summed E-state index contributed by atoms with van der Waals surface area (Å²) in [6.07, 6.45) is 1.84. The minimum atomic E-state index is 0.505. The van der Waals surface area contributed by atoms with E-state index in [4.69, 9.17) is 10.5 Å². The maximum absolute atomic E-state index is 5.59. The molecule has 0 atom stereocenters. The third-order valence-corrected chi connectivity index (χ3v) is 3.67. The van der Waals surface area contributed by atoms with Crippen LogP contribution in [0.2, 0.25) is 0 Å². The van der Waals surface area contributed by atoms with Crippen molar-refractivity contribution in [2.75, 3.05) is 13.2 Å². The van der Waals surface area contributed by atoms with Crippen LogP contribution in [-0.2, 0) is 6.54 Å². The molecule has 0 bridgehead atoms. The molecule has 0 amide bonds. The average Bonchev–Trinajstić information content (AvgIpc) is 2.80. The van der Waals surface area contributed by atoms with E-state index in [1.165, 1.54) is 0 Å². The Morgan fingerprint density at radius 1 is 1.27 bits per heavy atom. The van der Waals surface area contributed by atoms with Crippen molar-refractivity contribution in [3.05, 3.63) is 30.2 Å². The van der Waals surface area contributed by atoms with Crippen LogP contribution in [0.5, 0.6) is 5.75 Å². The second-order valence-corrected chi connectivity index (χ2v) is 5.97. The van der Waals surface area contributed by atoms with E-state index in [1.54, 1.807) is 0 Å². The Balaban J connectivity index is 2.17. The van der Waals surface area contributed by atoms with Crippen molar-refractivity contribution in [1.29, 1.82) is 0 Å². The summed E-state index contributed by atoms with van der Waals surface area (Å²) in [5.41, 5.74) is 8.50. The van der Waals surface area contributed by atoms with Gasteiger partial charge in [-0.3, -0.25) is 4.98 Å². The second kappa shape index (κ2) is 5.93. The number of imidazole rings is 1. The molecule has 0 aliphatic carbocycles. The molecule has 22 heavy (non-hydrogen) atoms. The van der Waals surface area contributed by atoms with Gasteiger partial charge in [0.2, 0.25) is 0 Å². The molecule has 2 N–H and O–H groups in total. The monoisotopic (exact) mass is 298 g/mol. The Morgan fingerprint density at radius 2 is 2.09 bits per heavy atom. The Morgan fingerprint density at radius 3 is 2.82 bits per heavy atom. The van der Waals surface area contributed by atoms with Gasteiger partial charge in [0.15, 0.2) is 0 Å². The van der Waals surface area contributed by atoms with Gasteiger partial charge in [-0.2, -0.15) is 0 Å². The lowest BCUT2D eigenvalue weighted by Crippen LogP contribution is -2.10. The summed E-state index contributed by atoms with van der Waals surface area (Å²) in [6.45, 7) is 8.45. The molecule has 116 valence electrons. The molecular formula is C17H22N4O. The van der Waals surface area contributed by atoms with Crippen LogP contribution in [0.25, 0.3) is 21.9 Å². The molecule has 0 aliphatic rings. The Hall–Kier alpha value is -2.14. The summed E-state index contributed by atoms with van der Waals surface area (Å²) in [6, 6.07) is 6.00. The first kappa shape index (κ1) is 14.8. The lowest BCUT2D eigenvalue weighted by atomic mass is 10.1. The molecule has 5 heteroatoms. The Labute approximate surface area is 130 Å². The highest BCUT2D eigenvalue weighted by molar-refractivity contribution is 6.02. The number of fused-ring (bicyclic) bond motifs is 3. The van der Waals surface area contributed by atoms with E-state index in [0.717, 1.165) is 40.1 Å². The molecular weight excluding hydrogens is 276 g/mol. The third kappa shape index (κ3) is 2.64. The molecule has 0 fully saturated rings. The first-order chi connectivity index (χ1) is 10.6. The van der Waals surface area contributed by atoms with E-state index in [2.05, 4.69) is 34.4 Å². The largest absolute Gasteiger partial charge is 0.492 e. The molecule has 0 aliphatic heterocycles. The maximum Gasteiger partial charge on any atom is 0.121 e. The van der Waals surface area contributed by atoms with Crippen molar-refractivity contribution >= 4 is 21.9 Å². The lowest BCUT2D eigenvalue weighted by molar-refractivity contribution is 0.328. The molecule has 2 heterocycles. The van der Waals surface area contributed by atoms with E-state index in [0.29, 0.717) is 19.1 Å². The van der Waals surface area contributed by atoms with E-state index >= 15 is 0 Å². The highest BCUT2D eigenvalue weighted by Crippen LogP contribution is 2.28. The quantitative estimate of drug-likeness (QED) is 0.786. The number of rotatable bonds is 5. The summed E-state index contributed by atoms with van der Waals surface area (Å²) < 4.78 is 7.87. The Kier molecular flexibility index (Phi) is 3.98. The fraction of sp³-hybridized carbons (Fsp3) is 0.412. The number of aromatic nitrogens is 3. The van der Waals surface area contributed by atoms with Crippen LogP contribution < -0.4 is 10.5 Å². The number of ether oxygens (including phenoxy) is 1. The lowest BCUT2D eigenvalue weighted by Gasteiger charge is -2.11. The molecule has 0 saturated heterocycles. The van der Waals surface area contributed by atoms with Gasteiger partial charge in [-0.05, 0) is 25.0 Å². The summed E-state index contributed by atoms with van der Waals surface area (Å²) in [5, 5.41) is 1.11. The van der Waals surface area contributed by atoms with Gasteiger partial charge in [-0.1, -0.05) is 13.8 Å². The standard InChI is InChI=1S/C17H22N4O/c1-11(2)10-21-12(3)20-16-9-19-15-8-13(22-7-6-18)4-5-14(15)17(16)21/h4-5,8-9,11H,6-7,10,18H2,1-3H3. The van der Waals surface area contributed by atoms with E-state index < -0.39 is 0 Å². The van der Waals surface area contributed by atoms with Crippen LogP contribution in [0.4, 0.5) is 0 Å². The van der Waals surface area contributed by atoms with Crippen LogP contribution in [0.3, 0.4) is 0 Å². The molecule has 3 aromatic rings. The molecule has 0 saturated carbocycles. The second-order valence-electron chi connectivity index (χ2n) is 5.97. The van der Waals surface area contributed by atoms with E-state index in [9.17, 15) is 0 Å². The molecule has 2 aromatic heterocycles. The van der Waals surface area contributed by atoms with Crippen LogP contribution in [0, 0.1) is 12.8 Å². The van der Waals surface area contributed by atoms with E-state index in [1.807, 2.05) is 25.3 Å². The number of hydrogen-bond acceptors (Lipinski definition) is 4. The number of benzene rings is 1. The van der Waals surface area contributed by atoms with Crippen LogP contribution in [-0.4, -0.2) is 27.7 Å². The first-order valence-electron chi connectivity index (χ1n) is 7.68. The van der Waals surface area contributed by atoms with Gasteiger partial charge in [0.25, 0.3) is 0 Å². The number of nitrogens with two attached hydrogens (primary N) is 1. The van der Waals surface area contributed by atoms with Gasteiger partial charge in [0, 0.05) is 24.5 Å². The van der Waals surface area contributed by atoms with Gasteiger partial charge in [-0.25, -0.2) is 4.98 Å². The molecule has 1 aromatic carbocycles. The highest BCUT2D eigenvalue weighted by atomic mass is 16.5. The SMILES string of the molecule is Cc1nc2cnc3cc(OCCN)ccc3c2n1CC(C)C. The summed E-state index contributed by atoms with van der Waals surface area (Å²) >= 11 is 0. The average molecular weight is 298 g/mol. The molecule has 0 spiro atoms. The number of aryl methyl sites for hydroxylation is 1. The highest BCUT2D eigenvalue weighted by Gasteiger charge is 2.13. The van der Waals surface area contributed by atoms with Gasteiger partial charge in [0.05, 0.1) is 17.2 Å². The predicted octanol–water partition coefficient (Wildman–Crippen LogP) is 2.89. The summed E-state index contributed by atoms with van der Waals surface area (Å²) in [4.78, 5) is 9.17. The molecule has 0 unspecified atom stereocenters. The van der Waals surface area contributed by atoms with Crippen molar-refractivity contribution < 1.29 is 4.74 Å². The van der Waals surface area contributed by atoms with Crippen LogP contribution in [0.1, 0.15) is 19.7 Å². The first-order valence-corrected chi connectivity index (χ1v) is 7.68. The number of nitrogens with zero attached hydrogens (tertiary/aromatic N) is 3. The molecule has 0 radical (unpaired) electrons. The van der Waals surface area contributed by atoms with Crippen molar-refractivity contribution in [2.24, 2.45) is 11.7 Å². The summed E-state index contributed by atoms with van der Waals surface area (Å²) in [5.74, 6) is 2.39. The van der Waals surface area contributed by atoms with E-state index in [-0.39, 0.29) is 0 Å². The fourth-order valence-electron chi connectivity index (χ4n) is 2.77. The van der Waals surface area contributed by atoms with Crippen LogP contribution >= 0.6 is 0 Å². The van der Waals surface area contributed by atoms with Gasteiger partial charge in [-0.15, -0.1) is 0 Å². The van der Waals surface area contributed by atoms with Crippen LogP contribution in [0.15, 0.2) is 24.4 Å².